The molecule has 14 N–H and O–H groups in total. The van der Waals surface area contributed by atoms with Crippen LogP contribution < -0.4 is 0 Å². The number of hydrogen-bond acceptors (Lipinski definition) is 22. The molecule has 20 atom stereocenters. The molecule has 22 heteroatoms. The summed E-state index contributed by atoms with van der Waals surface area (Å²) in [6, 6.07) is 0. The molecule has 0 aromatic rings. The van der Waals surface area contributed by atoms with Crippen molar-refractivity contribution < 1.29 is 109 Å². The Bertz CT molecular complexity index is 885. The lowest BCUT2D eigenvalue weighted by molar-refractivity contribution is -0.365. The van der Waals surface area contributed by atoms with Gasteiger partial charge in [-0.05, 0) is 0 Å². The van der Waals surface area contributed by atoms with Crippen LogP contribution in [0.3, 0.4) is 0 Å². The zero-order valence-corrected chi connectivity index (χ0v) is 25.3. The second-order valence-electron chi connectivity index (χ2n) is 11.8. The summed E-state index contributed by atoms with van der Waals surface area (Å²) in [7, 11) is 0. The molecule has 0 aliphatic carbocycles. The molecule has 0 spiro atoms. The second-order valence-corrected chi connectivity index (χ2v) is 11.8. The Hall–Kier alpha value is -0.880. The highest BCUT2D eigenvalue weighted by Gasteiger charge is 2.52. The second kappa shape index (κ2) is 17.6. The lowest BCUT2D eigenvalue weighted by Gasteiger charge is -2.46. The van der Waals surface area contributed by atoms with Gasteiger partial charge in [0.15, 0.2) is 25.2 Å². The molecule has 0 unspecified atom stereocenters. The highest BCUT2D eigenvalue weighted by atomic mass is 16.8. The maximum absolute atomic E-state index is 10.7. The number of rotatable bonds is 13. The summed E-state index contributed by atoms with van der Waals surface area (Å²) < 4.78 is 43.2. The Labute approximate surface area is 272 Å². The Morgan fingerprint density at radius 2 is 0.625 bits per heavy atom. The molecule has 4 saturated heterocycles. The van der Waals surface area contributed by atoms with Crippen molar-refractivity contribution in [3.63, 3.8) is 0 Å². The van der Waals surface area contributed by atoms with E-state index in [9.17, 15) is 71.5 Å². The fraction of sp³-hybridized carbons (Fsp3) is 1.00. The maximum Gasteiger partial charge on any atom is 0.187 e. The molecule has 0 amide bonds. The fourth-order valence-electron chi connectivity index (χ4n) is 5.71. The van der Waals surface area contributed by atoms with E-state index in [1.54, 1.807) is 0 Å². The lowest BCUT2D eigenvalue weighted by atomic mass is 9.97. The molecule has 0 aromatic carbocycles. The number of ether oxygens (including phenoxy) is 8. The summed E-state index contributed by atoms with van der Waals surface area (Å²) >= 11 is 0. The van der Waals surface area contributed by atoms with Crippen LogP contribution in [0.15, 0.2) is 0 Å². The van der Waals surface area contributed by atoms with Crippen LogP contribution in [0, 0.1) is 0 Å². The van der Waals surface area contributed by atoms with Gasteiger partial charge in [-0.3, -0.25) is 0 Å². The van der Waals surface area contributed by atoms with E-state index in [0.717, 1.165) is 0 Å². The van der Waals surface area contributed by atoms with Crippen LogP contribution in [0.5, 0.6) is 0 Å². The lowest BCUT2D eigenvalue weighted by Crippen LogP contribution is -2.65. The standard InChI is InChI=1S/C26H46O22/c27-3-7-11(31)13(33)17(37)25(43-7)47-21-9(5-29)45-23(19(39)15(21)35)41-1-2-42-24-20(40)16(36)22(10(6-30)46-24)48-26-18(38)14(34)12(32)8(4-28)44-26/h7-40H,1-6H2/t7-,8-,9-,10-,11-,12-,13+,14+,15-,16-,17-,18-,19-,20-,21-,22-,23-,24-,25-,26-/m1/s1. The van der Waals surface area contributed by atoms with Gasteiger partial charge in [0, 0.05) is 0 Å². The van der Waals surface area contributed by atoms with E-state index in [-0.39, 0.29) is 0 Å². The summed E-state index contributed by atoms with van der Waals surface area (Å²) in [6.07, 6.45) is -33.0. The quantitative estimate of drug-likeness (QED) is 0.0789. The zero-order chi connectivity index (χ0) is 35.4. The van der Waals surface area contributed by atoms with Gasteiger partial charge in [-0.25, -0.2) is 0 Å². The number of aliphatic hydroxyl groups is 14. The molecule has 4 heterocycles. The minimum Gasteiger partial charge on any atom is -0.394 e. The molecule has 0 aromatic heterocycles. The van der Waals surface area contributed by atoms with Gasteiger partial charge in [-0.1, -0.05) is 0 Å². The van der Waals surface area contributed by atoms with Gasteiger partial charge in [0.1, 0.15) is 97.7 Å². The van der Waals surface area contributed by atoms with Crippen LogP contribution in [0.25, 0.3) is 0 Å². The van der Waals surface area contributed by atoms with Gasteiger partial charge < -0.3 is 109 Å². The number of aliphatic hydroxyl groups excluding tert-OH is 14. The molecule has 48 heavy (non-hydrogen) atoms. The molecule has 4 aliphatic rings. The highest BCUT2D eigenvalue weighted by molar-refractivity contribution is 4.95. The van der Waals surface area contributed by atoms with E-state index >= 15 is 0 Å². The van der Waals surface area contributed by atoms with Gasteiger partial charge in [-0.15, -0.1) is 0 Å². The Morgan fingerprint density at radius 1 is 0.333 bits per heavy atom. The van der Waals surface area contributed by atoms with Crippen molar-refractivity contribution in [2.45, 2.75) is 123 Å². The van der Waals surface area contributed by atoms with Gasteiger partial charge in [0.05, 0.1) is 39.6 Å². The molecule has 4 rings (SSSR count). The van der Waals surface area contributed by atoms with Crippen molar-refractivity contribution in [1.29, 1.82) is 0 Å². The van der Waals surface area contributed by atoms with Crippen molar-refractivity contribution in [2.24, 2.45) is 0 Å². The SMILES string of the molecule is OC[C@H]1O[C@H](O[C@H]2[C@H](O)[C@@H](O)[C@H](OCCO[C@@H]3O[C@H](CO)[C@@H](O[C@H]4O[C@H](CO)[C@@H](O)[C@H](O)[C@H]4O)[C@H](O)[C@H]3O)O[C@@H]2CO)[C@H](O)[C@@H](O)[C@@H]1O. The summed E-state index contributed by atoms with van der Waals surface area (Å²) in [6.45, 7) is -3.90. The predicted molar refractivity (Wildman–Crippen MR) is 145 cm³/mol. The smallest absolute Gasteiger partial charge is 0.187 e. The normalized spacial score (nSPS) is 50.4. The van der Waals surface area contributed by atoms with Crippen molar-refractivity contribution in [3.05, 3.63) is 0 Å². The highest BCUT2D eigenvalue weighted by Crippen LogP contribution is 2.31. The fourth-order valence-corrected chi connectivity index (χ4v) is 5.71. The van der Waals surface area contributed by atoms with Crippen LogP contribution in [0.4, 0.5) is 0 Å². The van der Waals surface area contributed by atoms with E-state index < -0.39 is 162 Å². The van der Waals surface area contributed by atoms with E-state index in [2.05, 4.69) is 0 Å². The summed E-state index contributed by atoms with van der Waals surface area (Å²) in [5.41, 5.74) is 0. The Balaban J connectivity index is 1.28. The molecule has 4 aliphatic heterocycles. The Kier molecular flexibility index (Phi) is 14.6. The van der Waals surface area contributed by atoms with Crippen molar-refractivity contribution in [2.75, 3.05) is 39.6 Å². The average molecular weight is 711 g/mol. The molecule has 22 nitrogen and oxygen atoms in total. The first kappa shape index (κ1) is 39.9. The zero-order valence-electron chi connectivity index (χ0n) is 25.3. The summed E-state index contributed by atoms with van der Waals surface area (Å²) in [5.74, 6) is 0. The predicted octanol–water partition coefficient (Wildman–Crippen LogP) is -9.73. The van der Waals surface area contributed by atoms with Crippen LogP contribution in [-0.2, 0) is 37.9 Å². The van der Waals surface area contributed by atoms with E-state index in [1.807, 2.05) is 0 Å². The molecular weight excluding hydrogens is 664 g/mol. The van der Waals surface area contributed by atoms with Gasteiger partial charge in [0.2, 0.25) is 0 Å². The molecule has 4 fully saturated rings. The van der Waals surface area contributed by atoms with E-state index in [0.29, 0.717) is 0 Å². The van der Waals surface area contributed by atoms with Crippen molar-refractivity contribution in [3.8, 4) is 0 Å². The van der Waals surface area contributed by atoms with Crippen LogP contribution in [0.2, 0.25) is 0 Å². The molecule has 0 bridgehead atoms. The molecule has 0 radical (unpaired) electrons. The third-order valence-corrected chi connectivity index (χ3v) is 8.57. The van der Waals surface area contributed by atoms with E-state index in [1.165, 1.54) is 0 Å². The van der Waals surface area contributed by atoms with E-state index in [4.69, 9.17) is 37.9 Å². The van der Waals surface area contributed by atoms with Crippen LogP contribution >= 0.6 is 0 Å². The average Bonchev–Trinajstić information content (AvgIpc) is 3.08. The maximum atomic E-state index is 10.7. The summed E-state index contributed by atoms with van der Waals surface area (Å²) in [5, 5.41) is 141. The first-order chi connectivity index (χ1) is 22.8. The van der Waals surface area contributed by atoms with Gasteiger partial charge >= 0.3 is 0 Å². The monoisotopic (exact) mass is 710 g/mol. The number of hydrogen-bond donors (Lipinski definition) is 14. The van der Waals surface area contributed by atoms with Crippen molar-refractivity contribution >= 4 is 0 Å². The molecular formula is C26H46O22. The Morgan fingerprint density at radius 3 is 0.938 bits per heavy atom. The topological polar surface area (TPSA) is 357 Å². The molecule has 0 saturated carbocycles. The largest absolute Gasteiger partial charge is 0.394 e. The first-order valence-electron chi connectivity index (χ1n) is 15.2. The van der Waals surface area contributed by atoms with Crippen molar-refractivity contribution in [1.82, 2.24) is 0 Å². The first-order valence-corrected chi connectivity index (χ1v) is 15.2. The third-order valence-electron chi connectivity index (χ3n) is 8.57. The van der Waals surface area contributed by atoms with Gasteiger partial charge in [0.25, 0.3) is 0 Å². The van der Waals surface area contributed by atoms with Gasteiger partial charge in [-0.2, -0.15) is 0 Å². The third kappa shape index (κ3) is 8.42. The molecule has 282 valence electrons. The summed E-state index contributed by atoms with van der Waals surface area (Å²) in [4.78, 5) is 0. The van der Waals surface area contributed by atoms with Crippen LogP contribution in [0.1, 0.15) is 0 Å². The minimum absolute atomic E-state index is 0.401. The van der Waals surface area contributed by atoms with Crippen LogP contribution in [-0.4, -0.2) is 234 Å². The minimum atomic E-state index is -1.84.